The number of nitrogens with two attached hydrogens (primary N) is 1. The monoisotopic (exact) mass is 573 g/mol. The van der Waals surface area contributed by atoms with Gasteiger partial charge >= 0.3 is 0 Å². The predicted molar refractivity (Wildman–Crippen MR) is 152 cm³/mol. The van der Waals surface area contributed by atoms with E-state index in [1.54, 1.807) is 31.1 Å². The number of halogens is 1. The Morgan fingerprint density at radius 3 is 2.79 bits per heavy atom. The van der Waals surface area contributed by atoms with Crippen LogP contribution in [0, 0.1) is 6.92 Å². The van der Waals surface area contributed by atoms with Gasteiger partial charge in [-0.2, -0.15) is 0 Å². The van der Waals surface area contributed by atoms with E-state index in [1.807, 2.05) is 18.2 Å². The number of ether oxygens (including phenoxy) is 1. The second kappa shape index (κ2) is 11.2. The topological polar surface area (TPSA) is 120 Å². The number of carbonyl (C=O) groups is 1. The third-order valence-electron chi connectivity index (χ3n) is 8.19. The lowest BCUT2D eigenvalue weighted by Gasteiger charge is -2.40. The number of hydrogen-bond acceptors (Lipinski definition) is 7. The minimum absolute atomic E-state index is 0.0316. The highest BCUT2D eigenvalue weighted by Crippen LogP contribution is 2.38. The molecular weight excluding hydrogens is 538 g/mol. The van der Waals surface area contributed by atoms with E-state index in [1.165, 1.54) is 6.07 Å². The Bertz CT molecular complexity index is 1480. The van der Waals surface area contributed by atoms with Gasteiger partial charge in [0.15, 0.2) is 14.6 Å². The maximum absolute atomic E-state index is 14.3. The maximum atomic E-state index is 14.3. The van der Waals surface area contributed by atoms with Gasteiger partial charge in [-0.15, -0.1) is 0 Å². The molecule has 3 N–H and O–H groups in total. The Hall–Kier alpha value is -2.50. The summed E-state index contributed by atoms with van der Waals surface area (Å²) in [6, 6.07) is 11.9. The molecule has 2 aromatic carbocycles. The van der Waals surface area contributed by atoms with Gasteiger partial charge in [0.1, 0.15) is 5.82 Å². The van der Waals surface area contributed by atoms with Crippen molar-refractivity contribution in [3.63, 3.8) is 0 Å². The lowest BCUT2D eigenvalue weighted by Crippen LogP contribution is -2.64. The van der Waals surface area contributed by atoms with Crippen LogP contribution >= 0.6 is 11.6 Å². The molecule has 3 heterocycles. The van der Waals surface area contributed by atoms with Gasteiger partial charge in [-0.3, -0.25) is 4.79 Å². The highest BCUT2D eigenvalue weighted by molar-refractivity contribution is 7.93. The number of rotatable bonds is 8. The van der Waals surface area contributed by atoms with Gasteiger partial charge in [0.05, 0.1) is 15.9 Å². The van der Waals surface area contributed by atoms with Crippen LogP contribution in [0.15, 0.2) is 47.4 Å². The fourth-order valence-electron chi connectivity index (χ4n) is 6.08. The molecule has 1 aromatic heterocycles. The molecular formula is C28H36ClN5O4S. The number of nitrogens with zero attached hydrogens (tertiary/aromatic N) is 3. The molecule has 39 heavy (non-hydrogen) atoms. The summed E-state index contributed by atoms with van der Waals surface area (Å²) < 4.78 is 34.2. The van der Waals surface area contributed by atoms with Crippen molar-refractivity contribution in [1.82, 2.24) is 19.8 Å². The molecule has 11 heteroatoms. The minimum Gasteiger partial charge on any atom is -0.385 e. The fourth-order valence-corrected chi connectivity index (χ4v) is 8.60. The molecule has 0 unspecified atom stereocenters. The van der Waals surface area contributed by atoms with E-state index >= 15 is 0 Å². The number of methoxy groups -OCH3 is 1. The number of nitrogens with one attached hydrogen (secondary N) is 1. The van der Waals surface area contributed by atoms with Crippen molar-refractivity contribution in [2.24, 2.45) is 5.73 Å². The van der Waals surface area contributed by atoms with E-state index in [0.29, 0.717) is 30.3 Å². The van der Waals surface area contributed by atoms with Crippen LogP contribution in [0.5, 0.6) is 0 Å². The third-order valence-corrected chi connectivity index (χ3v) is 11.2. The Morgan fingerprint density at radius 2 is 2.05 bits per heavy atom. The summed E-state index contributed by atoms with van der Waals surface area (Å²) in [5.41, 5.74) is 8.85. The lowest BCUT2D eigenvalue weighted by atomic mass is 9.94. The smallest absolute Gasteiger partial charge is 0.247 e. The normalized spacial score (nSPS) is 23.9. The highest BCUT2D eigenvalue weighted by atomic mass is 35.5. The third kappa shape index (κ3) is 4.76. The van der Waals surface area contributed by atoms with Crippen molar-refractivity contribution < 1.29 is 17.9 Å². The van der Waals surface area contributed by atoms with Crippen molar-refractivity contribution in [3.05, 3.63) is 58.9 Å². The van der Waals surface area contributed by atoms with Crippen molar-refractivity contribution in [2.75, 3.05) is 39.9 Å². The molecule has 3 atom stereocenters. The molecule has 210 valence electrons. The molecule has 3 aromatic rings. The SMILES string of the molecule is COCCCn1c([C@@H]2CCCN(C(=O)[C@@]3(S(=O)(=O)c4cccc(Cl)c4C)CNC[C@@H]3N)C2)nc2ccccc21. The van der Waals surface area contributed by atoms with Gasteiger partial charge in [-0.25, -0.2) is 13.4 Å². The second-order valence-corrected chi connectivity index (χ2v) is 13.1. The molecule has 2 aliphatic rings. The first-order valence-corrected chi connectivity index (χ1v) is 15.3. The van der Waals surface area contributed by atoms with E-state index in [9.17, 15) is 13.2 Å². The summed E-state index contributed by atoms with van der Waals surface area (Å²) in [6.07, 6.45) is 2.43. The van der Waals surface area contributed by atoms with E-state index in [0.717, 1.165) is 42.7 Å². The van der Waals surface area contributed by atoms with Crippen molar-refractivity contribution in [2.45, 2.75) is 54.3 Å². The molecule has 0 saturated carbocycles. The predicted octanol–water partition coefficient (Wildman–Crippen LogP) is 2.88. The maximum Gasteiger partial charge on any atom is 0.247 e. The molecule has 0 radical (unpaired) electrons. The molecule has 2 saturated heterocycles. The van der Waals surface area contributed by atoms with Crippen LogP contribution in [0.2, 0.25) is 5.02 Å². The molecule has 0 bridgehead atoms. The zero-order valence-corrected chi connectivity index (χ0v) is 24.0. The van der Waals surface area contributed by atoms with E-state index in [2.05, 4.69) is 16.0 Å². The number of para-hydroxylation sites is 2. The fraction of sp³-hybridized carbons (Fsp3) is 0.500. The molecule has 0 spiro atoms. The largest absolute Gasteiger partial charge is 0.385 e. The molecule has 5 rings (SSSR count). The quantitative estimate of drug-likeness (QED) is 0.398. The Kier molecular flexibility index (Phi) is 8.03. The van der Waals surface area contributed by atoms with Gasteiger partial charge in [-0.05, 0) is 56.0 Å². The summed E-state index contributed by atoms with van der Waals surface area (Å²) in [4.78, 5) is 21.1. The summed E-state index contributed by atoms with van der Waals surface area (Å²) in [5, 5.41) is 3.42. The van der Waals surface area contributed by atoms with Gasteiger partial charge in [0, 0.05) is 63.4 Å². The van der Waals surface area contributed by atoms with Crippen LogP contribution < -0.4 is 11.1 Å². The number of imidazole rings is 1. The van der Waals surface area contributed by atoms with Gasteiger partial charge in [-0.1, -0.05) is 29.8 Å². The number of piperidine rings is 1. The minimum atomic E-state index is -4.17. The first kappa shape index (κ1) is 28.0. The van der Waals surface area contributed by atoms with Crippen LogP contribution in [0.4, 0.5) is 0 Å². The number of benzene rings is 2. The number of sulfone groups is 1. The van der Waals surface area contributed by atoms with Gasteiger partial charge in [0.25, 0.3) is 0 Å². The van der Waals surface area contributed by atoms with E-state index < -0.39 is 26.5 Å². The summed E-state index contributed by atoms with van der Waals surface area (Å²) in [7, 11) is -2.49. The number of likely N-dealkylation sites (tertiary alicyclic amines) is 1. The Labute approximate surface area is 234 Å². The van der Waals surface area contributed by atoms with Crippen molar-refractivity contribution in [1.29, 1.82) is 0 Å². The van der Waals surface area contributed by atoms with Crippen LogP contribution in [-0.2, 0) is 25.9 Å². The number of amides is 1. The molecule has 9 nitrogen and oxygen atoms in total. The number of carbonyl (C=O) groups excluding carboxylic acids is 1. The Morgan fingerprint density at radius 1 is 1.26 bits per heavy atom. The van der Waals surface area contributed by atoms with Crippen LogP contribution in [0.1, 0.15) is 36.6 Å². The van der Waals surface area contributed by atoms with E-state index in [-0.39, 0.29) is 23.9 Å². The summed E-state index contributed by atoms with van der Waals surface area (Å²) in [6.45, 7) is 4.08. The zero-order valence-electron chi connectivity index (χ0n) is 22.4. The Balaban J connectivity index is 1.50. The first-order valence-electron chi connectivity index (χ1n) is 13.4. The molecule has 1 amide bonds. The lowest BCUT2D eigenvalue weighted by molar-refractivity contribution is -0.135. The first-order chi connectivity index (χ1) is 18.7. The van der Waals surface area contributed by atoms with Crippen LogP contribution in [0.25, 0.3) is 11.0 Å². The second-order valence-electron chi connectivity index (χ2n) is 10.5. The number of aromatic nitrogens is 2. The average molecular weight is 574 g/mol. The number of aryl methyl sites for hydroxylation is 1. The molecule has 2 aliphatic heterocycles. The van der Waals surface area contributed by atoms with Crippen molar-refractivity contribution >= 4 is 38.4 Å². The van der Waals surface area contributed by atoms with Crippen molar-refractivity contribution in [3.8, 4) is 0 Å². The van der Waals surface area contributed by atoms with Crippen LogP contribution in [-0.4, -0.2) is 79.5 Å². The molecule has 0 aliphatic carbocycles. The highest BCUT2D eigenvalue weighted by Gasteiger charge is 2.60. The van der Waals surface area contributed by atoms with Crippen LogP contribution in [0.3, 0.4) is 0 Å². The number of hydrogen-bond donors (Lipinski definition) is 2. The average Bonchev–Trinajstić information content (AvgIpc) is 3.51. The number of fused-ring (bicyclic) bond motifs is 1. The van der Waals surface area contributed by atoms with Gasteiger partial charge in [0.2, 0.25) is 5.91 Å². The zero-order chi connectivity index (χ0) is 27.8. The van der Waals surface area contributed by atoms with Gasteiger partial charge < -0.3 is 25.3 Å². The standard InChI is InChI=1S/C28H36ClN5O4S/c1-19-21(29)9-5-12-24(19)39(36,37)28(18-31-16-25(28)30)27(35)33-13-6-8-20(17-33)26-32-22-10-3-4-11-23(22)34(26)14-7-15-38-2/h3-5,9-12,20,25,31H,6-8,13-18,30H2,1-2H3/t20-,25+,28-/m1/s1. The summed E-state index contributed by atoms with van der Waals surface area (Å²) >= 11 is 6.29. The summed E-state index contributed by atoms with van der Waals surface area (Å²) in [5.74, 6) is 0.434. The molecule has 2 fully saturated rings. The van der Waals surface area contributed by atoms with E-state index in [4.69, 9.17) is 27.1 Å².